The first-order valence-corrected chi connectivity index (χ1v) is 14.9. The van der Waals surface area contributed by atoms with Crippen molar-refractivity contribution in [3.63, 3.8) is 0 Å². The van der Waals surface area contributed by atoms with E-state index >= 15 is 0 Å². The van der Waals surface area contributed by atoms with Crippen molar-refractivity contribution in [3.8, 4) is 11.5 Å². The fourth-order valence-electron chi connectivity index (χ4n) is 4.95. The van der Waals surface area contributed by atoms with Crippen LogP contribution in [0.4, 0.5) is 5.69 Å². The van der Waals surface area contributed by atoms with Gasteiger partial charge in [0.2, 0.25) is 0 Å². The maximum absolute atomic E-state index is 13.7. The first-order valence-electron chi connectivity index (χ1n) is 12.5. The topological polar surface area (TPSA) is 128 Å². The molecule has 1 aliphatic carbocycles. The number of nitrogens with one attached hydrogen (secondary N) is 2. The van der Waals surface area contributed by atoms with E-state index in [9.17, 15) is 19.0 Å². The fraction of sp³-hybridized carbons (Fsp3) is 0.259. The molecule has 2 aromatic heterocycles. The Morgan fingerprint density at radius 2 is 1.89 bits per heavy atom. The number of nitrogens with zero attached hydrogens (tertiary/aromatic N) is 2. The van der Waals surface area contributed by atoms with Crippen LogP contribution in [0.1, 0.15) is 43.2 Å². The number of thiophene rings is 1. The van der Waals surface area contributed by atoms with Gasteiger partial charge in [0.15, 0.2) is 11.6 Å². The van der Waals surface area contributed by atoms with Crippen LogP contribution < -0.4 is 21.0 Å². The molecule has 4 aromatic rings. The highest BCUT2D eigenvalue weighted by Crippen LogP contribution is 2.56. The Labute approximate surface area is 224 Å². The fourth-order valence-corrected chi connectivity index (χ4v) is 6.95. The van der Waals surface area contributed by atoms with E-state index in [1.54, 1.807) is 18.2 Å². The summed E-state index contributed by atoms with van der Waals surface area (Å²) in [6.45, 7) is 0.322. The molecule has 11 heteroatoms. The summed E-state index contributed by atoms with van der Waals surface area (Å²) in [4.78, 5) is 13.9. The predicted octanol–water partition coefficient (Wildman–Crippen LogP) is 6.12. The molecule has 0 amide bonds. The standard InChI is InChI=1S/C27H28N4O5S2/c32-24-23(27(33)31(21-13-14-37-25(21)24)29-18-9-5-2-6-10-18)26-28-20-12-11-19(15-22(20)38(34,35)30-26)36-16-17-7-3-1-4-8-17/h1,3-4,7-8,11-15,18,29,32,34-35H,2,5-6,9-10,16H2,(H,28,30). The Balaban J connectivity index is 1.35. The number of pyridine rings is 1. The SMILES string of the molecule is O=c1c(C2=NS(O)(O)c3cc(OCc4ccccc4)ccc3N2)c(O)c2sccc2n1NC1CCCCC1. The molecule has 1 aliphatic heterocycles. The minimum Gasteiger partial charge on any atom is -0.505 e. The maximum atomic E-state index is 13.7. The largest absolute Gasteiger partial charge is 0.505 e. The van der Waals surface area contributed by atoms with Crippen LogP contribution in [0.15, 0.2) is 74.1 Å². The van der Waals surface area contributed by atoms with Gasteiger partial charge in [0.25, 0.3) is 5.56 Å². The second-order valence-electron chi connectivity index (χ2n) is 9.48. The van der Waals surface area contributed by atoms with E-state index in [2.05, 4.69) is 15.1 Å². The number of hydrogen-bond donors (Lipinski definition) is 5. The third kappa shape index (κ3) is 4.62. The maximum Gasteiger partial charge on any atom is 0.284 e. The van der Waals surface area contributed by atoms with Crippen LogP contribution >= 0.6 is 22.1 Å². The third-order valence-electron chi connectivity index (χ3n) is 6.88. The second-order valence-corrected chi connectivity index (χ2v) is 12.1. The number of hydrogen-bond acceptors (Lipinski definition) is 9. The summed E-state index contributed by atoms with van der Waals surface area (Å²) in [6.07, 6.45) is 5.27. The first-order chi connectivity index (χ1) is 18.4. The molecule has 1 saturated carbocycles. The zero-order valence-corrected chi connectivity index (χ0v) is 22.1. The molecule has 198 valence electrons. The quantitative estimate of drug-likeness (QED) is 0.195. The normalized spacial score (nSPS) is 17.8. The van der Waals surface area contributed by atoms with Gasteiger partial charge >= 0.3 is 0 Å². The van der Waals surface area contributed by atoms with E-state index in [1.165, 1.54) is 28.5 Å². The summed E-state index contributed by atoms with van der Waals surface area (Å²) in [5.74, 6) is 0.122. The highest BCUT2D eigenvalue weighted by atomic mass is 32.3. The van der Waals surface area contributed by atoms with Crippen molar-refractivity contribution in [2.24, 2.45) is 4.40 Å². The Morgan fingerprint density at radius 3 is 2.68 bits per heavy atom. The molecule has 0 radical (unpaired) electrons. The number of anilines is 1. The van der Waals surface area contributed by atoms with E-state index in [-0.39, 0.29) is 28.1 Å². The van der Waals surface area contributed by atoms with Gasteiger partial charge in [0, 0.05) is 12.1 Å². The van der Waals surface area contributed by atoms with Crippen LogP contribution in [0.3, 0.4) is 0 Å². The molecular weight excluding hydrogens is 524 g/mol. The summed E-state index contributed by atoms with van der Waals surface area (Å²) in [5.41, 5.74) is 4.65. The van der Waals surface area contributed by atoms with Crippen molar-refractivity contribution in [3.05, 3.63) is 81.5 Å². The highest BCUT2D eigenvalue weighted by Gasteiger charge is 2.31. The molecule has 2 aromatic carbocycles. The lowest BCUT2D eigenvalue weighted by Gasteiger charge is -2.34. The molecule has 0 saturated heterocycles. The summed E-state index contributed by atoms with van der Waals surface area (Å²) < 4.78 is 34.0. The van der Waals surface area contributed by atoms with Crippen LogP contribution in [-0.2, 0) is 6.61 Å². The third-order valence-corrected chi connectivity index (χ3v) is 9.15. The van der Waals surface area contributed by atoms with Crippen molar-refractivity contribution in [1.29, 1.82) is 0 Å². The molecular formula is C27H28N4O5S2. The zero-order valence-electron chi connectivity index (χ0n) is 20.5. The molecule has 0 atom stereocenters. The molecule has 38 heavy (non-hydrogen) atoms. The van der Waals surface area contributed by atoms with Crippen molar-refractivity contribution in [1.82, 2.24) is 4.68 Å². The minimum atomic E-state index is -3.69. The Bertz CT molecular complexity index is 1580. The van der Waals surface area contributed by atoms with Gasteiger partial charge in [-0.15, -0.1) is 15.7 Å². The molecule has 3 heterocycles. The van der Waals surface area contributed by atoms with Crippen molar-refractivity contribution >= 4 is 43.9 Å². The van der Waals surface area contributed by atoms with Gasteiger partial charge < -0.3 is 20.6 Å². The van der Waals surface area contributed by atoms with Crippen molar-refractivity contribution in [2.75, 3.05) is 10.7 Å². The number of ether oxygens (including phenoxy) is 1. The zero-order chi connectivity index (χ0) is 26.3. The van der Waals surface area contributed by atoms with E-state index in [1.807, 2.05) is 35.7 Å². The lowest BCUT2D eigenvalue weighted by atomic mass is 9.96. The van der Waals surface area contributed by atoms with Gasteiger partial charge in [-0.1, -0.05) is 60.4 Å². The number of rotatable bonds is 6. The summed E-state index contributed by atoms with van der Waals surface area (Å²) >= 11 is 1.30. The molecule has 9 nitrogen and oxygen atoms in total. The van der Waals surface area contributed by atoms with Crippen LogP contribution in [0, 0.1) is 0 Å². The summed E-state index contributed by atoms with van der Waals surface area (Å²) in [5, 5.41) is 16.0. The Kier molecular flexibility index (Phi) is 6.52. The average molecular weight is 553 g/mol. The number of aromatic hydroxyl groups is 1. The predicted molar refractivity (Wildman–Crippen MR) is 152 cm³/mol. The van der Waals surface area contributed by atoms with E-state index < -0.39 is 16.3 Å². The van der Waals surface area contributed by atoms with E-state index in [0.29, 0.717) is 28.3 Å². The number of aromatic nitrogens is 1. The minimum absolute atomic E-state index is 0.0903. The molecule has 0 bridgehead atoms. The molecule has 0 spiro atoms. The van der Waals surface area contributed by atoms with Crippen LogP contribution in [0.5, 0.6) is 11.5 Å². The summed E-state index contributed by atoms with van der Waals surface area (Å²) in [7, 11) is -3.69. The van der Waals surface area contributed by atoms with Gasteiger partial charge in [0.05, 0.1) is 15.9 Å². The van der Waals surface area contributed by atoms with Gasteiger partial charge in [-0.25, -0.2) is 4.68 Å². The second kappa shape index (κ2) is 9.99. The lowest BCUT2D eigenvalue weighted by Crippen LogP contribution is -2.40. The summed E-state index contributed by atoms with van der Waals surface area (Å²) in [6, 6.07) is 16.5. The van der Waals surface area contributed by atoms with Gasteiger partial charge in [-0.3, -0.25) is 13.9 Å². The van der Waals surface area contributed by atoms with E-state index in [0.717, 1.165) is 31.2 Å². The molecule has 1 fully saturated rings. The van der Waals surface area contributed by atoms with E-state index in [4.69, 9.17) is 4.74 Å². The molecule has 5 N–H and O–H groups in total. The van der Waals surface area contributed by atoms with Gasteiger partial charge in [-0.05, 0) is 42.0 Å². The van der Waals surface area contributed by atoms with Crippen LogP contribution in [-0.4, -0.2) is 30.8 Å². The van der Waals surface area contributed by atoms with Crippen molar-refractivity contribution in [2.45, 2.75) is 49.6 Å². The van der Waals surface area contributed by atoms with Gasteiger partial charge in [0.1, 0.15) is 22.8 Å². The van der Waals surface area contributed by atoms with Gasteiger partial charge in [-0.2, -0.15) is 0 Å². The Hall–Kier alpha value is -3.51. The smallest absolute Gasteiger partial charge is 0.284 e. The molecule has 2 aliphatic rings. The van der Waals surface area contributed by atoms with Crippen LogP contribution in [0.25, 0.3) is 10.2 Å². The number of benzene rings is 2. The van der Waals surface area contributed by atoms with Crippen LogP contribution in [0.2, 0.25) is 0 Å². The first kappa shape index (κ1) is 24.8. The average Bonchev–Trinajstić information content (AvgIpc) is 3.41. The Morgan fingerprint density at radius 1 is 1.11 bits per heavy atom. The lowest BCUT2D eigenvalue weighted by molar-refractivity contribution is 0.305. The monoisotopic (exact) mass is 552 g/mol. The molecule has 0 unspecified atom stereocenters. The highest BCUT2D eigenvalue weighted by molar-refractivity contribution is 8.23. The molecule has 6 rings (SSSR count). The number of amidine groups is 1. The number of fused-ring (bicyclic) bond motifs is 2. The van der Waals surface area contributed by atoms with Crippen molar-refractivity contribution < 1.29 is 18.9 Å².